The molecule has 2 aliphatic heterocycles. The van der Waals surface area contributed by atoms with Gasteiger partial charge in [-0.2, -0.15) is 0 Å². The third-order valence-electron chi connectivity index (χ3n) is 6.49. The number of piperidine rings is 1. The molecule has 1 aromatic carbocycles. The molecule has 1 spiro atoms. The van der Waals surface area contributed by atoms with Crippen molar-refractivity contribution in [2.75, 3.05) is 32.1 Å². The number of hydrogen-bond donors (Lipinski definition) is 1. The summed E-state index contributed by atoms with van der Waals surface area (Å²) in [7, 11) is 1.62. The summed E-state index contributed by atoms with van der Waals surface area (Å²) in [6, 6.07) is 7.35. The maximum Gasteiger partial charge on any atom is 0.255 e. The third kappa shape index (κ3) is 3.18. The van der Waals surface area contributed by atoms with Crippen LogP contribution in [0.5, 0.6) is 11.5 Å². The van der Waals surface area contributed by atoms with E-state index >= 15 is 0 Å². The molecule has 1 aromatic heterocycles. The Morgan fingerprint density at radius 2 is 2.07 bits per heavy atom. The molecule has 0 atom stereocenters. The van der Waals surface area contributed by atoms with Gasteiger partial charge < -0.3 is 19.7 Å². The van der Waals surface area contributed by atoms with Gasteiger partial charge in [-0.15, -0.1) is 0 Å². The summed E-state index contributed by atoms with van der Waals surface area (Å²) in [5.74, 6) is 1.90. The number of carbonyl (C=O) groups excluding carboxylic acids is 2. The molecule has 5 rings (SSSR count). The standard InChI is InChI=1S/C23H25N3O4/c1-29-19-11-17-18(12-20(19)30-14-15-4-5-15)25-22(28)23(17)6-9-26(10-7-23)21(27)16-3-2-8-24-13-16/h2-3,8,11-13,15H,4-7,9-10,14H2,1H3,(H,25,28). The van der Waals surface area contributed by atoms with Gasteiger partial charge in [0.2, 0.25) is 5.91 Å². The molecule has 156 valence electrons. The highest BCUT2D eigenvalue weighted by Crippen LogP contribution is 2.49. The van der Waals surface area contributed by atoms with Crippen molar-refractivity contribution in [2.45, 2.75) is 31.1 Å². The Balaban J connectivity index is 1.37. The summed E-state index contributed by atoms with van der Waals surface area (Å²) in [4.78, 5) is 31.6. The first-order chi connectivity index (χ1) is 14.6. The van der Waals surface area contributed by atoms with Crippen molar-refractivity contribution in [1.29, 1.82) is 0 Å². The van der Waals surface area contributed by atoms with Crippen LogP contribution in [-0.4, -0.2) is 48.5 Å². The molecule has 30 heavy (non-hydrogen) atoms. The fourth-order valence-electron chi connectivity index (χ4n) is 4.45. The van der Waals surface area contributed by atoms with Crippen molar-refractivity contribution in [2.24, 2.45) is 5.92 Å². The van der Waals surface area contributed by atoms with E-state index in [0.717, 1.165) is 11.3 Å². The van der Waals surface area contributed by atoms with Crippen LogP contribution in [0.1, 0.15) is 41.6 Å². The summed E-state index contributed by atoms with van der Waals surface area (Å²) >= 11 is 0. The van der Waals surface area contributed by atoms with Gasteiger partial charge in [-0.3, -0.25) is 14.6 Å². The highest BCUT2D eigenvalue weighted by Gasteiger charge is 2.49. The summed E-state index contributed by atoms with van der Waals surface area (Å²) in [5, 5.41) is 3.04. The van der Waals surface area contributed by atoms with E-state index in [2.05, 4.69) is 10.3 Å². The first-order valence-electron chi connectivity index (χ1n) is 10.5. The molecule has 0 unspecified atom stereocenters. The first-order valence-corrected chi connectivity index (χ1v) is 10.5. The van der Waals surface area contributed by atoms with Crippen LogP contribution in [0, 0.1) is 5.92 Å². The van der Waals surface area contributed by atoms with Crippen molar-refractivity contribution in [1.82, 2.24) is 9.88 Å². The minimum atomic E-state index is -0.636. The van der Waals surface area contributed by atoms with E-state index in [-0.39, 0.29) is 11.8 Å². The minimum absolute atomic E-state index is 0.00706. The number of amides is 2. The number of nitrogens with one attached hydrogen (secondary N) is 1. The van der Waals surface area contributed by atoms with Crippen LogP contribution in [0.15, 0.2) is 36.7 Å². The number of rotatable bonds is 5. The second-order valence-electron chi connectivity index (χ2n) is 8.37. The SMILES string of the molecule is COc1cc2c(cc1OCC1CC1)NC(=O)C21CCN(C(=O)c2cccnc2)CC1. The van der Waals surface area contributed by atoms with E-state index in [1.54, 1.807) is 36.5 Å². The minimum Gasteiger partial charge on any atom is -0.493 e. The van der Waals surface area contributed by atoms with Gasteiger partial charge in [0, 0.05) is 37.2 Å². The van der Waals surface area contributed by atoms with Gasteiger partial charge in [0.15, 0.2) is 11.5 Å². The topological polar surface area (TPSA) is 80.8 Å². The molecular weight excluding hydrogens is 382 g/mol. The molecule has 2 aromatic rings. The average molecular weight is 407 g/mol. The Labute approximate surface area is 175 Å². The molecule has 2 fully saturated rings. The highest BCUT2D eigenvalue weighted by molar-refractivity contribution is 6.07. The fourth-order valence-corrected chi connectivity index (χ4v) is 4.45. The predicted octanol–water partition coefficient (Wildman–Crippen LogP) is 3.01. The zero-order valence-corrected chi connectivity index (χ0v) is 17.0. The van der Waals surface area contributed by atoms with Crippen molar-refractivity contribution >= 4 is 17.5 Å². The maximum absolute atomic E-state index is 13.0. The van der Waals surface area contributed by atoms with Crippen LogP contribution in [-0.2, 0) is 10.2 Å². The number of pyridine rings is 1. The fraction of sp³-hybridized carbons (Fsp3) is 0.435. The lowest BCUT2D eigenvalue weighted by Gasteiger charge is -2.38. The number of anilines is 1. The van der Waals surface area contributed by atoms with Crippen LogP contribution in [0.3, 0.4) is 0 Å². The number of carbonyl (C=O) groups is 2. The van der Waals surface area contributed by atoms with Crippen molar-refractivity contribution in [3.63, 3.8) is 0 Å². The lowest BCUT2D eigenvalue weighted by atomic mass is 9.73. The molecule has 3 heterocycles. The molecule has 7 heteroatoms. The zero-order valence-electron chi connectivity index (χ0n) is 17.0. The molecule has 1 saturated carbocycles. The van der Waals surface area contributed by atoms with Gasteiger partial charge >= 0.3 is 0 Å². The van der Waals surface area contributed by atoms with Crippen LogP contribution in [0.2, 0.25) is 0 Å². The number of fused-ring (bicyclic) bond motifs is 2. The van der Waals surface area contributed by atoms with Crippen LogP contribution in [0.25, 0.3) is 0 Å². The third-order valence-corrected chi connectivity index (χ3v) is 6.49. The summed E-state index contributed by atoms with van der Waals surface area (Å²) in [6.45, 7) is 1.71. The first kappa shape index (κ1) is 18.9. The molecule has 1 N–H and O–H groups in total. The van der Waals surface area contributed by atoms with Crippen LogP contribution >= 0.6 is 0 Å². The summed E-state index contributed by atoms with van der Waals surface area (Å²) < 4.78 is 11.5. The lowest BCUT2D eigenvalue weighted by Crippen LogP contribution is -2.48. The van der Waals surface area contributed by atoms with E-state index in [0.29, 0.717) is 55.5 Å². The molecule has 3 aliphatic rings. The monoisotopic (exact) mass is 407 g/mol. The van der Waals surface area contributed by atoms with Crippen molar-refractivity contribution in [3.8, 4) is 11.5 Å². The molecule has 2 amide bonds. The second kappa shape index (κ2) is 7.31. The molecular formula is C23H25N3O4. The van der Waals surface area contributed by atoms with E-state index in [1.165, 1.54) is 12.8 Å². The number of benzene rings is 1. The number of methoxy groups -OCH3 is 1. The Morgan fingerprint density at radius 3 is 2.73 bits per heavy atom. The van der Waals surface area contributed by atoms with Crippen LogP contribution in [0.4, 0.5) is 5.69 Å². The maximum atomic E-state index is 13.0. The van der Waals surface area contributed by atoms with Crippen molar-refractivity contribution < 1.29 is 19.1 Å². The van der Waals surface area contributed by atoms with Gasteiger partial charge in [0.25, 0.3) is 5.91 Å². The molecule has 0 radical (unpaired) electrons. The Bertz CT molecular complexity index is 979. The Morgan fingerprint density at radius 1 is 1.27 bits per heavy atom. The molecule has 1 saturated heterocycles. The largest absolute Gasteiger partial charge is 0.493 e. The number of aromatic nitrogens is 1. The highest BCUT2D eigenvalue weighted by atomic mass is 16.5. The van der Waals surface area contributed by atoms with Gasteiger partial charge in [0.1, 0.15) is 0 Å². The smallest absolute Gasteiger partial charge is 0.255 e. The van der Waals surface area contributed by atoms with Gasteiger partial charge in [-0.25, -0.2) is 0 Å². The second-order valence-corrected chi connectivity index (χ2v) is 8.37. The van der Waals surface area contributed by atoms with E-state index in [4.69, 9.17) is 9.47 Å². The van der Waals surface area contributed by atoms with Crippen molar-refractivity contribution in [3.05, 3.63) is 47.8 Å². The summed E-state index contributed by atoms with van der Waals surface area (Å²) in [6.07, 6.45) is 6.80. The predicted molar refractivity (Wildman–Crippen MR) is 111 cm³/mol. The molecule has 7 nitrogen and oxygen atoms in total. The number of hydrogen-bond acceptors (Lipinski definition) is 5. The van der Waals surface area contributed by atoms with Gasteiger partial charge in [-0.1, -0.05) is 0 Å². The average Bonchev–Trinajstić information content (AvgIpc) is 3.58. The molecule has 0 bridgehead atoms. The quantitative estimate of drug-likeness (QED) is 0.824. The Hall–Kier alpha value is -3.09. The van der Waals surface area contributed by atoms with Crippen LogP contribution < -0.4 is 14.8 Å². The van der Waals surface area contributed by atoms with Gasteiger partial charge in [-0.05, 0) is 55.4 Å². The van der Waals surface area contributed by atoms with Gasteiger partial charge in [0.05, 0.1) is 24.7 Å². The molecule has 1 aliphatic carbocycles. The normalized spacial score (nSPS) is 19.4. The number of nitrogens with zero attached hydrogens (tertiary/aromatic N) is 2. The number of ether oxygens (including phenoxy) is 2. The lowest BCUT2D eigenvalue weighted by molar-refractivity contribution is -0.122. The zero-order chi connectivity index (χ0) is 20.7. The Kier molecular flexibility index (Phi) is 4.60. The van der Waals surface area contributed by atoms with E-state index < -0.39 is 5.41 Å². The van der Waals surface area contributed by atoms with E-state index in [9.17, 15) is 9.59 Å². The summed E-state index contributed by atoms with van der Waals surface area (Å²) in [5.41, 5.74) is 1.67. The number of likely N-dealkylation sites (tertiary alicyclic amines) is 1. The van der Waals surface area contributed by atoms with E-state index in [1.807, 2.05) is 12.1 Å².